The van der Waals surface area contributed by atoms with Gasteiger partial charge in [-0.05, 0) is 28.3 Å². The van der Waals surface area contributed by atoms with Crippen LogP contribution >= 0.6 is 0 Å². The van der Waals surface area contributed by atoms with Crippen molar-refractivity contribution in [2.45, 2.75) is 50.8 Å². The van der Waals surface area contributed by atoms with Gasteiger partial charge in [-0.15, -0.1) is 0 Å². The Morgan fingerprint density at radius 3 is 1.45 bits per heavy atom. The van der Waals surface area contributed by atoms with E-state index in [2.05, 4.69) is 0 Å². The van der Waals surface area contributed by atoms with Gasteiger partial charge in [-0.1, -0.05) is 121 Å². The maximum atomic E-state index is 9.93. The van der Waals surface area contributed by atoms with Gasteiger partial charge in [-0.3, -0.25) is 0 Å². The fourth-order valence-electron chi connectivity index (χ4n) is 4.96. The number of aliphatic hydroxyl groups is 1. The third-order valence-electron chi connectivity index (χ3n) is 7.09. The SMILES string of the molecule is OC/C=C1\O[C@H](COCc2ccccc2)[C@@H](OCc2ccccc2)[C@H](OCc2ccccc2)[C@H]1OCc1ccccc1. The van der Waals surface area contributed by atoms with E-state index in [-0.39, 0.29) is 13.2 Å². The number of hydrogen-bond donors (Lipinski definition) is 1. The van der Waals surface area contributed by atoms with Crippen molar-refractivity contribution in [3.05, 3.63) is 155 Å². The molecule has 218 valence electrons. The molecular formula is C36H38O6. The Morgan fingerprint density at radius 2 is 0.976 bits per heavy atom. The summed E-state index contributed by atoms with van der Waals surface area (Å²) < 4.78 is 32.4. The van der Waals surface area contributed by atoms with Crippen molar-refractivity contribution in [1.82, 2.24) is 0 Å². The van der Waals surface area contributed by atoms with Gasteiger partial charge in [0.1, 0.15) is 24.1 Å². The molecule has 0 bridgehead atoms. The lowest BCUT2D eigenvalue weighted by Crippen LogP contribution is -2.56. The molecule has 4 aromatic rings. The van der Waals surface area contributed by atoms with Crippen molar-refractivity contribution < 1.29 is 28.8 Å². The molecule has 1 N–H and O–H groups in total. The molecule has 0 radical (unpaired) electrons. The first-order valence-electron chi connectivity index (χ1n) is 14.4. The van der Waals surface area contributed by atoms with E-state index in [4.69, 9.17) is 23.7 Å². The Kier molecular flexibility index (Phi) is 11.3. The summed E-state index contributed by atoms with van der Waals surface area (Å²) in [6, 6.07) is 40.1. The van der Waals surface area contributed by atoms with Crippen LogP contribution in [0.5, 0.6) is 0 Å². The second-order valence-electron chi connectivity index (χ2n) is 10.2. The van der Waals surface area contributed by atoms with Crippen LogP contribution in [0.15, 0.2) is 133 Å². The van der Waals surface area contributed by atoms with Crippen LogP contribution in [0.25, 0.3) is 0 Å². The van der Waals surface area contributed by atoms with Crippen LogP contribution in [0.2, 0.25) is 0 Å². The molecule has 5 rings (SSSR count). The topological polar surface area (TPSA) is 66.4 Å². The van der Waals surface area contributed by atoms with E-state index < -0.39 is 24.4 Å². The molecule has 4 atom stereocenters. The van der Waals surface area contributed by atoms with Crippen molar-refractivity contribution in [1.29, 1.82) is 0 Å². The van der Waals surface area contributed by atoms with Gasteiger partial charge in [0.25, 0.3) is 0 Å². The highest BCUT2D eigenvalue weighted by Crippen LogP contribution is 2.33. The van der Waals surface area contributed by atoms with E-state index >= 15 is 0 Å². The largest absolute Gasteiger partial charge is 0.487 e. The predicted octanol–water partition coefficient (Wildman–Crippen LogP) is 6.23. The van der Waals surface area contributed by atoms with E-state index in [0.717, 1.165) is 22.3 Å². The van der Waals surface area contributed by atoms with Gasteiger partial charge in [0.2, 0.25) is 0 Å². The predicted molar refractivity (Wildman–Crippen MR) is 161 cm³/mol. The van der Waals surface area contributed by atoms with Crippen molar-refractivity contribution in [2.75, 3.05) is 13.2 Å². The molecule has 0 saturated carbocycles. The summed E-state index contributed by atoms with van der Waals surface area (Å²) in [6.45, 7) is 1.61. The van der Waals surface area contributed by atoms with Crippen LogP contribution in [0.1, 0.15) is 22.3 Å². The Hall–Kier alpha value is -3.78. The zero-order chi connectivity index (χ0) is 28.8. The molecule has 0 unspecified atom stereocenters. The summed E-state index contributed by atoms with van der Waals surface area (Å²) in [5.41, 5.74) is 4.18. The lowest BCUT2D eigenvalue weighted by Gasteiger charge is -2.43. The lowest BCUT2D eigenvalue weighted by molar-refractivity contribution is -0.223. The smallest absolute Gasteiger partial charge is 0.150 e. The molecule has 0 amide bonds. The molecular weight excluding hydrogens is 528 g/mol. The highest BCUT2D eigenvalue weighted by Gasteiger charge is 2.46. The highest BCUT2D eigenvalue weighted by molar-refractivity contribution is 5.18. The van der Waals surface area contributed by atoms with Gasteiger partial charge in [0, 0.05) is 0 Å². The third kappa shape index (κ3) is 8.61. The number of benzene rings is 4. The molecule has 6 nitrogen and oxygen atoms in total. The van der Waals surface area contributed by atoms with E-state index in [1.165, 1.54) is 0 Å². The first kappa shape index (κ1) is 29.7. The normalized spacial score (nSPS) is 21.2. The quantitative estimate of drug-likeness (QED) is 0.195. The van der Waals surface area contributed by atoms with E-state index in [9.17, 15) is 5.11 Å². The average molecular weight is 567 g/mol. The van der Waals surface area contributed by atoms with Crippen molar-refractivity contribution in [3.63, 3.8) is 0 Å². The zero-order valence-corrected chi connectivity index (χ0v) is 23.7. The van der Waals surface area contributed by atoms with Gasteiger partial charge in [-0.25, -0.2) is 0 Å². The second kappa shape index (κ2) is 16.0. The van der Waals surface area contributed by atoms with E-state index in [1.807, 2.05) is 121 Å². The molecule has 42 heavy (non-hydrogen) atoms. The molecule has 1 heterocycles. The first-order chi connectivity index (χ1) is 20.8. The maximum absolute atomic E-state index is 9.93. The number of rotatable bonds is 14. The Balaban J connectivity index is 1.41. The number of ether oxygens (including phenoxy) is 5. The third-order valence-corrected chi connectivity index (χ3v) is 7.09. The van der Waals surface area contributed by atoms with Gasteiger partial charge in [-0.2, -0.15) is 0 Å². The minimum atomic E-state index is -0.604. The minimum Gasteiger partial charge on any atom is -0.487 e. The van der Waals surface area contributed by atoms with Gasteiger partial charge in [0.15, 0.2) is 6.10 Å². The van der Waals surface area contributed by atoms with Crippen LogP contribution in [0, 0.1) is 0 Å². The van der Waals surface area contributed by atoms with Crippen LogP contribution in [0.3, 0.4) is 0 Å². The van der Waals surface area contributed by atoms with Crippen LogP contribution in [0.4, 0.5) is 0 Å². The number of hydrogen-bond acceptors (Lipinski definition) is 6. The molecule has 4 aromatic carbocycles. The van der Waals surface area contributed by atoms with Gasteiger partial charge >= 0.3 is 0 Å². The van der Waals surface area contributed by atoms with Crippen LogP contribution in [-0.4, -0.2) is 42.7 Å². The summed E-state index contributed by atoms with van der Waals surface area (Å²) in [5, 5.41) is 9.93. The van der Waals surface area contributed by atoms with Crippen molar-refractivity contribution in [2.24, 2.45) is 0 Å². The number of aliphatic hydroxyl groups excluding tert-OH is 1. The fraction of sp³-hybridized carbons (Fsp3) is 0.278. The molecule has 0 aliphatic carbocycles. The first-order valence-corrected chi connectivity index (χ1v) is 14.4. The highest BCUT2D eigenvalue weighted by atomic mass is 16.6. The summed E-state index contributed by atoms with van der Waals surface area (Å²) in [5.74, 6) is 0.513. The molecule has 1 aliphatic heterocycles. The van der Waals surface area contributed by atoms with Crippen molar-refractivity contribution in [3.8, 4) is 0 Å². The second-order valence-corrected chi connectivity index (χ2v) is 10.2. The molecule has 1 aliphatic rings. The average Bonchev–Trinajstić information content (AvgIpc) is 3.05. The lowest BCUT2D eigenvalue weighted by atomic mass is 9.96. The monoisotopic (exact) mass is 566 g/mol. The summed E-state index contributed by atoms with van der Waals surface area (Å²) in [7, 11) is 0. The standard InChI is InChI=1S/C36H38O6/c37-22-21-32-34(39-24-29-15-7-2-8-16-29)36(41-26-31-19-11-4-12-20-31)35(40-25-30-17-9-3-10-18-30)33(42-32)27-38-23-28-13-5-1-6-14-28/h1-21,33-37H,22-27H2/b32-21-/t33-,34+,35-,36-/m1/s1. The van der Waals surface area contributed by atoms with E-state index in [1.54, 1.807) is 6.08 Å². The van der Waals surface area contributed by atoms with Crippen LogP contribution in [-0.2, 0) is 50.1 Å². The maximum Gasteiger partial charge on any atom is 0.150 e. The summed E-state index contributed by atoms with van der Waals surface area (Å²) in [6.07, 6.45) is -0.498. The van der Waals surface area contributed by atoms with Gasteiger partial charge in [0.05, 0.1) is 39.6 Å². The Morgan fingerprint density at radius 1 is 0.548 bits per heavy atom. The molecule has 0 spiro atoms. The fourth-order valence-corrected chi connectivity index (χ4v) is 4.96. The summed E-state index contributed by atoms with van der Waals surface area (Å²) >= 11 is 0. The zero-order valence-electron chi connectivity index (χ0n) is 23.7. The molecule has 1 saturated heterocycles. The molecule has 6 heteroatoms. The van der Waals surface area contributed by atoms with Crippen molar-refractivity contribution >= 4 is 0 Å². The molecule has 0 aromatic heterocycles. The minimum absolute atomic E-state index is 0.195. The Bertz CT molecular complexity index is 1330. The molecule has 1 fully saturated rings. The van der Waals surface area contributed by atoms with Crippen LogP contribution < -0.4 is 0 Å². The Labute approximate surface area is 248 Å². The van der Waals surface area contributed by atoms with Gasteiger partial charge < -0.3 is 28.8 Å². The van der Waals surface area contributed by atoms with E-state index in [0.29, 0.717) is 32.2 Å². The summed E-state index contributed by atoms with van der Waals surface area (Å²) in [4.78, 5) is 0.